The predicted molar refractivity (Wildman–Crippen MR) is 86.4 cm³/mol. The van der Waals surface area contributed by atoms with Gasteiger partial charge < -0.3 is 5.73 Å². The summed E-state index contributed by atoms with van der Waals surface area (Å²) >= 11 is 3.36. The van der Waals surface area contributed by atoms with E-state index in [1.54, 1.807) is 5.56 Å². The second-order valence-electron chi connectivity index (χ2n) is 4.99. The molecule has 0 radical (unpaired) electrons. The summed E-state index contributed by atoms with van der Waals surface area (Å²) in [4.78, 5) is 1.44. The monoisotopic (exact) mass is 293 g/mol. The first kappa shape index (κ1) is 13.2. The number of thioether (sulfide) groups is 2. The van der Waals surface area contributed by atoms with E-state index in [0.29, 0.717) is 11.1 Å². The van der Waals surface area contributed by atoms with Gasteiger partial charge in [-0.15, -0.1) is 16.9 Å². The molecule has 1 atom stereocenters. The van der Waals surface area contributed by atoms with Gasteiger partial charge in [-0.25, -0.2) is 0 Å². The smallest absolute Gasteiger partial charge is 0.178 e. The lowest BCUT2D eigenvalue weighted by Gasteiger charge is -2.22. The molecule has 2 N–H and O–H groups in total. The Morgan fingerprint density at radius 2 is 2.26 bits per heavy atom. The third-order valence-electron chi connectivity index (χ3n) is 4.00. The van der Waals surface area contributed by atoms with E-state index in [9.17, 15) is 0 Å². The van der Waals surface area contributed by atoms with Crippen LogP contribution in [0.4, 0.5) is 5.69 Å². The maximum atomic E-state index is 5.87. The van der Waals surface area contributed by atoms with Crippen LogP contribution in [0.2, 0.25) is 0 Å². The molecule has 0 saturated carbocycles. The number of benzene rings is 1. The minimum absolute atomic E-state index is 0.640. The van der Waals surface area contributed by atoms with E-state index in [0.717, 1.165) is 6.54 Å². The van der Waals surface area contributed by atoms with Crippen LogP contribution >= 0.6 is 23.5 Å². The van der Waals surface area contributed by atoms with Crippen molar-refractivity contribution in [1.82, 2.24) is 0 Å². The quantitative estimate of drug-likeness (QED) is 0.516. The first-order valence-corrected chi connectivity index (χ1v) is 9.05. The van der Waals surface area contributed by atoms with Crippen LogP contribution in [0.3, 0.4) is 0 Å². The molecule has 1 aromatic carbocycles. The number of nitrogens with zero attached hydrogens (tertiary/aromatic N) is 2. The molecule has 19 heavy (non-hydrogen) atoms. The Morgan fingerprint density at radius 1 is 1.42 bits per heavy atom. The van der Waals surface area contributed by atoms with Crippen molar-refractivity contribution in [2.45, 2.75) is 30.1 Å². The molecule has 2 aliphatic rings. The molecule has 0 amide bonds. The largest absolute Gasteiger partial charge is 0.377 e. The normalized spacial score (nSPS) is 21.7. The van der Waals surface area contributed by atoms with Crippen molar-refractivity contribution >= 4 is 34.4 Å². The third kappa shape index (κ3) is 2.23. The highest BCUT2D eigenvalue weighted by atomic mass is 32.2. The predicted octanol–water partition coefficient (Wildman–Crippen LogP) is 3.24. The highest BCUT2D eigenvalue weighted by molar-refractivity contribution is 8.13. The zero-order valence-electron chi connectivity index (χ0n) is 11.3. The summed E-state index contributed by atoms with van der Waals surface area (Å²) in [6.07, 6.45) is 7.92. The van der Waals surface area contributed by atoms with Crippen molar-refractivity contribution in [3.05, 3.63) is 23.3 Å². The fourth-order valence-electron chi connectivity index (χ4n) is 3.18. The van der Waals surface area contributed by atoms with Gasteiger partial charge in [-0.1, -0.05) is 11.8 Å². The van der Waals surface area contributed by atoms with Gasteiger partial charge in [-0.3, -0.25) is 5.01 Å². The molecule has 1 aliphatic heterocycles. The molecule has 0 aromatic heterocycles. The number of hydrogen-bond acceptors (Lipinski definition) is 4. The molecule has 102 valence electrons. The van der Waals surface area contributed by atoms with E-state index in [4.69, 9.17) is 5.73 Å². The maximum Gasteiger partial charge on any atom is 0.178 e. The minimum atomic E-state index is 0.640. The maximum absolute atomic E-state index is 5.87. The Hall–Kier alpha value is -0.810. The van der Waals surface area contributed by atoms with Gasteiger partial charge in [0.25, 0.3) is 0 Å². The van der Waals surface area contributed by atoms with Crippen LogP contribution in [0.25, 0.3) is 0 Å². The van der Waals surface area contributed by atoms with Gasteiger partial charge in [0.05, 0.1) is 5.69 Å². The van der Waals surface area contributed by atoms with E-state index in [-0.39, 0.29) is 0 Å². The van der Waals surface area contributed by atoms with Crippen LogP contribution in [0.5, 0.6) is 0 Å². The summed E-state index contributed by atoms with van der Waals surface area (Å²) < 4.78 is 0. The molecule has 0 bridgehead atoms. The Bertz CT molecular complexity index is 528. The van der Waals surface area contributed by atoms with E-state index < -0.39 is 0 Å². The lowest BCUT2D eigenvalue weighted by Crippen LogP contribution is -2.20. The summed E-state index contributed by atoms with van der Waals surface area (Å²) in [6, 6.07) is 4.46. The zero-order chi connectivity index (χ0) is 13.4. The number of hydrazone groups is 1. The molecule has 1 unspecified atom stereocenters. The number of amidine groups is 1. The SMILES string of the molecule is CSC(N)=NN1CC2CCCc3c(SC)ccc1c32. The number of hydrogen-bond donors (Lipinski definition) is 1. The van der Waals surface area contributed by atoms with Crippen molar-refractivity contribution in [1.29, 1.82) is 0 Å². The average Bonchev–Trinajstić information content (AvgIpc) is 2.79. The number of anilines is 1. The molecule has 1 heterocycles. The van der Waals surface area contributed by atoms with Crippen molar-refractivity contribution in [2.24, 2.45) is 10.8 Å². The lowest BCUT2D eigenvalue weighted by molar-refractivity contribution is 0.571. The molecule has 5 heteroatoms. The Labute approximate surface area is 123 Å². The van der Waals surface area contributed by atoms with Crippen LogP contribution < -0.4 is 10.7 Å². The minimum Gasteiger partial charge on any atom is -0.377 e. The van der Waals surface area contributed by atoms with Crippen molar-refractivity contribution in [2.75, 3.05) is 24.1 Å². The second kappa shape index (κ2) is 5.29. The van der Waals surface area contributed by atoms with Gasteiger partial charge in [0.1, 0.15) is 0 Å². The fraction of sp³-hybridized carbons (Fsp3) is 0.500. The summed E-state index contributed by atoms with van der Waals surface area (Å²) in [6.45, 7) is 0.988. The molecule has 0 spiro atoms. The highest BCUT2D eigenvalue weighted by Crippen LogP contribution is 2.47. The van der Waals surface area contributed by atoms with Gasteiger partial charge in [-0.05, 0) is 55.0 Å². The first-order chi connectivity index (χ1) is 9.24. The molecule has 3 nitrogen and oxygen atoms in total. The Kier molecular flexibility index (Phi) is 3.67. The van der Waals surface area contributed by atoms with E-state index in [1.807, 2.05) is 18.0 Å². The molecule has 1 aromatic rings. The first-order valence-electron chi connectivity index (χ1n) is 6.60. The summed E-state index contributed by atoms with van der Waals surface area (Å²) in [5, 5.41) is 7.28. The molecular formula is C14H19N3S2. The van der Waals surface area contributed by atoms with E-state index in [2.05, 4.69) is 28.5 Å². The number of rotatable bonds is 2. The second-order valence-corrected chi connectivity index (χ2v) is 6.67. The molecule has 0 fully saturated rings. The Balaban J connectivity index is 2.06. The van der Waals surface area contributed by atoms with Gasteiger partial charge in [0, 0.05) is 17.4 Å². The number of nitrogens with two attached hydrogens (primary N) is 1. The van der Waals surface area contributed by atoms with Crippen LogP contribution in [0.15, 0.2) is 22.1 Å². The van der Waals surface area contributed by atoms with Gasteiger partial charge in [-0.2, -0.15) is 0 Å². The summed E-state index contributed by atoms with van der Waals surface area (Å²) in [7, 11) is 0. The average molecular weight is 293 g/mol. The van der Waals surface area contributed by atoms with Gasteiger partial charge >= 0.3 is 0 Å². The van der Waals surface area contributed by atoms with Gasteiger partial charge in [0.2, 0.25) is 0 Å². The van der Waals surface area contributed by atoms with Crippen molar-refractivity contribution < 1.29 is 0 Å². The van der Waals surface area contributed by atoms with E-state index >= 15 is 0 Å². The standard InChI is InChI=1S/C14H19N3S2/c1-18-12-7-6-11-13-9(4-3-5-10(12)13)8-17(11)16-14(15)19-2/h6-7,9H,3-5,8H2,1-2H3,(H2,15,16). The van der Waals surface area contributed by atoms with Gasteiger partial charge in [0.15, 0.2) is 5.17 Å². The van der Waals surface area contributed by atoms with Crippen molar-refractivity contribution in [3.63, 3.8) is 0 Å². The van der Waals surface area contributed by atoms with Crippen LogP contribution in [0.1, 0.15) is 29.9 Å². The van der Waals surface area contributed by atoms with E-state index in [1.165, 1.54) is 47.2 Å². The highest BCUT2D eigenvalue weighted by Gasteiger charge is 2.34. The molecular weight excluding hydrogens is 274 g/mol. The molecule has 0 saturated heterocycles. The third-order valence-corrected chi connectivity index (χ3v) is 5.32. The topological polar surface area (TPSA) is 41.6 Å². The Morgan fingerprint density at radius 3 is 3.00 bits per heavy atom. The molecule has 1 aliphatic carbocycles. The van der Waals surface area contributed by atoms with Crippen LogP contribution in [-0.2, 0) is 6.42 Å². The molecule has 3 rings (SSSR count). The van der Waals surface area contributed by atoms with Crippen LogP contribution in [-0.4, -0.2) is 24.2 Å². The summed E-state index contributed by atoms with van der Waals surface area (Å²) in [5.41, 5.74) is 10.2. The fourth-order valence-corrected chi connectivity index (χ4v) is 4.02. The lowest BCUT2D eigenvalue weighted by atomic mass is 9.84. The summed E-state index contributed by atoms with van der Waals surface area (Å²) in [5.74, 6) is 0.643. The van der Waals surface area contributed by atoms with Crippen LogP contribution in [0, 0.1) is 0 Å². The zero-order valence-corrected chi connectivity index (χ0v) is 13.0. The van der Waals surface area contributed by atoms with Crippen molar-refractivity contribution in [3.8, 4) is 0 Å².